The predicted molar refractivity (Wildman–Crippen MR) is 97.9 cm³/mol. The van der Waals surface area contributed by atoms with E-state index >= 15 is 0 Å². The maximum Gasteiger partial charge on any atom is 0.255 e. The summed E-state index contributed by atoms with van der Waals surface area (Å²) in [6, 6.07) is 13.0. The standard InChI is InChI=1S/C19H21BrN2O2/c20-16-7-8-18(23)17(11-16)19(24)21-12-14-5-1-2-6-15(14)13-22-9-3-4-10-22/h1-2,5-8,11,23H,3-4,9-10,12-13H2,(H,21,24). The molecule has 2 aromatic rings. The van der Waals surface area contributed by atoms with Crippen molar-refractivity contribution in [1.29, 1.82) is 0 Å². The lowest BCUT2D eigenvalue weighted by atomic mass is 10.1. The van der Waals surface area contributed by atoms with E-state index in [2.05, 4.69) is 32.2 Å². The van der Waals surface area contributed by atoms with Crippen LogP contribution in [0, 0.1) is 0 Å². The third kappa shape index (κ3) is 4.16. The van der Waals surface area contributed by atoms with E-state index < -0.39 is 0 Å². The molecule has 1 amide bonds. The van der Waals surface area contributed by atoms with Crippen molar-refractivity contribution in [3.63, 3.8) is 0 Å². The van der Waals surface area contributed by atoms with E-state index in [1.54, 1.807) is 12.1 Å². The predicted octanol–water partition coefficient (Wildman–Crippen LogP) is 3.68. The highest BCUT2D eigenvalue weighted by molar-refractivity contribution is 9.10. The van der Waals surface area contributed by atoms with Crippen LogP contribution < -0.4 is 5.32 Å². The molecule has 1 aliphatic heterocycles. The number of nitrogens with zero attached hydrogens (tertiary/aromatic N) is 1. The zero-order valence-electron chi connectivity index (χ0n) is 13.5. The third-order valence-electron chi connectivity index (χ3n) is 4.35. The summed E-state index contributed by atoms with van der Waals surface area (Å²) in [5, 5.41) is 12.8. The lowest BCUT2D eigenvalue weighted by Crippen LogP contribution is -2.25. The van der Waals surface area contributed by atoms with Crippen molar-refractivity contribution in [2.75, 3.05) is 13.1 Å². The van der Waals surface area contributed by atoms with Gasteiger partial charge in [-0.1, -0.05) is 40.2 Å². The van der Waals surface area contributed by atoms with Crippen LogP contribution >= 0.6 is 15.9 Å². The number of carbonyl (C=O) groups is 1. The minimum absolute atomic E-state index is 0.0129. The van der Waals surface area contributed by atoms with Gasteiger partial charge in [0, 0.05) is 17.6 Å². The number of phenols is 1. The fourth-order valence-corrected chi connectivity index (χ4v) is 3.39. The normalized spacial score (nSPS) is 14.7. The number of hydrogen-bond donors (Lipinski definition) is 2. The molecule has 0 aliphatic carbocycles. The SMILES string of the molecule is O=C(NCc1ccccc1CN1CCCC1)c1cc(Br)ccc1O. The molecule has 126 valence electrons. The first kappa shape index (κ1) is 17.0. The van der Waals surface area contributed by atoms with Crippen LogP contribution in [0.1, 0.15) is 34.3 Å². The highest BCUT2D eigenvalue weighted by Crippen LogP contribution is 2.22. The Kier molecular flexibility index (Phi) is 5.53. The molecular formula is C19H21BrN2O2. The highest BCUT2D eigenvalue weighted by Gasteiger charge is 2.15. The highest BCUT2D eigenvalue weighted by atomic mass is 79.9. The molecule has 1 aliphatic rings. The Labute approximate surface area is 150 Å². The summed E-state index contributed by atoms with van der Waals surface area (Å²) in [7, 11) is 0. The van der Waals surface area contributed by atoms with Crippen LogP contribution in [0.5, 0.6) is 5.75 Å². The van der Waals surface area contributed by atoms with Crippen LogP contribution in [-0.2, 0) is 13.1 Å². The molecule has 1 saturated heterocycles. The molecule has 0 saturated carbocycles. The number of benzene rings is 2. The first-order valence-electron chi connectivity index (χ1n) is 8.19. The third-order valence-corrected chi connectivity index (χ3v) is 4.85. The Morgan fingerprint density at radius 1 is 1.12 bits per heavy atom. The summed E-state index contributed by atoms with van der Waals surface area (Å²) in [6.45, 7) is 3.67. The Morgan fingerprint density at radius 2 is 1.83 bits per heavy atom. The van der Waals surface area contributed by atoms with Gasteiger partial charge in [-0.05, 0) is 55.3 Å². The van der Waals surface area contributed by atoms with Crippen molar-refractivity contribution in [2.24, 2.45) is 0 Å². The van der Waals surface area contributed by atoms with Crippen molar-refractivity contribution in [1.82, 2.24) is 10.2 Å². The molecular weight excluding hydrogens is 368 g/mol. The average Bonchev–Trinajstić information content (AvgIpc) is 3.09. The van der Waals surface area contributed by atoms with Gasteiger partial charge in [-0.15, -0.1) is 0 Å². The van der Waals surface area contributed by atoms with Gasteiger partial charge in [0.05, 0.1) is 5.56 Å². The zero-order chi connectivity index (χ0) is 16.9. The summed E-state index contributed by atoms with van der Waals surface area (Å²) < 4.78 is 0.764. The number of halogens is 1. The van der Waals surface area contributed by atoms with Gasteiger partial charge in [0.15, 0.2) is 0 Å². The number of nitrogens with one attached hydrogen (secondary N) is 1. The second-order valence-corrected chi connectivity index (χ2v) is 7.01. The van der Waals surface area contributed by atoms with E-state index in [4.69, 9.17) is 0 Å². The molecule has 24 heavy (non-hydrogen) atoms. The molecule has 4 nitrogen and oxygen atoms in total. The molecule has 0 bridgehead atoms. The molecule has 5 heteroatoms. The number of amides is 1. The molecule has 2 N–H and O–H groups in total. The van der Waals surface area contributed by atoms with Crippen molar-refractivity contribution in [3.05, 3.63) is 63.6 Å². The summed E-state index contributed by atoms with van der Waals surface area (Å²) in [5.41, 5.74) is 2.65. The summed E-state index contributed by atoms with van der Waals surface area (Å²) in [6.07, 6.45) is 2.53. The molecule has 1 fully saturated rings. The second kappa shape index (κ2) is 7.81. The maximum absolute atomic E-state index is 12.3. The number of rotatable bonds is 5. The quantitative estimate of drug-likeness (QED) is 0.821. The Bertz CT molecular complexity index is 727. The molecule has 0 radical (unpaired) electrons. The van der Waals surface area contributed by atoms with Gasteiger partial charge in [0.2, 0.25) is 0 Å². The molecule has 0 atom stereocenters. The van der Waals surface area contributed by atoms with Gasteiger partial charge in [-0.25, -0.2) is 0 Å². The summed E-state index contributed by atoms with van der Waals surface area (Å²) in [5.74, 6) is -0.286. The Balaban J connectivity index is 1.67. The van der Waals surface area contributed by atoms with E-state index in [0.717, 1.165) is 29.7 Å². The summed E-state index contributed by atoms with van der Waals surface area (Å²) >= 11 is 3.32. The Hall–Kier alpha value is -1.85. The lowest BCUT2D eigenvalue weighted by Gasteiger charge is -2.18. The first-order valence-corrected chi connectivity index (χ1v) is 8.98. The smallest absolute Gasteiger partial charge is 0.255 e. The van der Waals surface area contributed by atoms with Crippen molar-refractivity contribution < 1.29 is 9.90 Å². The first-order chi connectivity index (χ1) is 11.6. The fraction of sp³-hybridized carbons (Fsp3) is 0.316. The number of carbonyl (C=O) groups excluding carboxylic acids is 1. The van der Waals surface area contributed by atoms with Crippen molar-refractivity contribution >= 4 is 21.8 Å². The molecule has 2 aromatic carbocycles. The van der Waals surface area contributed by atoms with Gasteiger partial charge in [0.1, 0.15) is 5.75 Å². The van der Waals surface area contributed by atoms with Crippen LogP contribution in [-0.4, -0.2) is 29.0 Å². The average molecular weight is 389 g/mol. The topological polar surface area (TPSA) is 52.6 Å². The largest absolute Gasteiger partial charge is 0.507 e. The van der Waals surface area contributed by atoms with Gasteiger partial charge in [0.25, 0.3) is 5.91 Å². The molecule has 0 unspecified atom stereocenters. The number of phenolic OH excluding ortho intramolecular Hbond substituents is 1. The Morgan fingerprint density at radius 3 is 2.58 bits per heavy atom. The zero-order valence-corrected chi connectivity index (χ0v) is 15.1. The van der Waals surface area contributed by atoms with E-state index in [-0.39, 0.29) is 17.2 Å². The molecule has 3 rings (SSSR count). The van der Waals surface area contributed by atoms with E-state index in [9.17, 15) is 9.90 Å². The van der Waals surface area contributed by atoms with Crippen LogP contribution in [0.4, 0.5) is 0 Å². The van der Waals surface area contributed by atoms with Gasteiger partial charge in [-0.3, -0.25) is 9.69 Å². The molecule has 1 heterocycles. The number of aromatic hydroxyl groups is 1. The minimum Gasteiger partial charge on any atom is -0.507 e. The van der Waals surface area contributed by atoms with Crippen LogP contribution in [0.2, 0.25) is 0 Å². The van der Waals surface area contributed by atoms with Gasteiger partial charge >= 0.3 is 0 Å². The number of hydrogen-bond acceptors (Lipinski definition) is 3. The van der Waals surface area contributed by atoms with Crippen molar-refractivity contribution in [2.45, 2.75) is 25.9 Å². The lowest BCUT2D eigenvalue weighted by molar-refractivity contribution is 0.0948. The summed E-state index contributed by atoms with van der Waals surface area (Å²) in [4.78, 5) is 14.8. The molecule has 0 aromatic heterocycles. The van der Waals surface area contributed by atoms with Gasteiger partial charge in [-0.2, -0.15) is 0 Å². The van der Waals surface area contributed by atoms with E-state index in [1.165, 1.54) is 24.5 Å². The van der Waals surface area contributed by atoms with Crippen molar-refractivity contribution in [3.8, 4) is 5.75 Å². The van der Waals surface area contributed by atoms with Crippen LogP contribution in [0.3, 0.4) is 0 Å². The molecule has 0 spiro atoms. The minimum atomic E-state index is -0.273. The van der Waals surface area contributed by atoms with Crippen LogP contribution in [0.25, 0.3) is 0 Å². The fourth-order valence-electron chi connectivity index (χ4n) is 3.03. The second-order valence-electron chi connectivity index (χ2n) is 6.10. The maximum atomic E-state index is 12.3. The van der Waals surface area contributed by atoms with E-state index in [1.807, 2.05) is 18.2 Å². The monoisotopic (exact) mass is 388 g/mol. The van der Waals surface area contributed by atoms with Gasteiger partial charge < -0.3 is 10.4 Å². The number of likely N-dealkylation sites (tertiary alicyclic amines) is 1. The van der Waals surface area contributed by atoms with E-state index in [0.29, 0.717) is 6.54 Å². The van der Waals surface area contributed by atoms with Crippen LogP contribution in [0.15, 0.2) is 46.9 Å².